The quantitative estimate of drug-likeness (QED) is 0.898. The van der Waals surface area contributed by atoms with E-state index in [0.717, 1.165) is 23.9 Å². The van der Waals surface area contributed by atoms with Gasteiger partial charge in [0.05, 0.1) is 17.8 Å². The Morgan fingerprint density at radius 1 is 1.59 bits per heavy atom. The SMILES string of the molecule is Cc1nc(N(C)C2CCOC2C)sc1C(C)N. The Kier molecular flexibility index (Phi) is 3.70. The topological polar surface area (TPSA) is 51.4 Å². The second-order valence-corrected chi connectivity index (χ2v) is 5.79. The van der Waals surface area contributed by atoms with E-state index in [-0.39, 0.29) is 12.1 Å². The number of likely N-dealkylation sites (N-methyl/N-ethyl adjacent to an activating group) is 1. The summed E-state index contributed by atoms with van der Waals surface area (Å²) in [7, 11) is 2.10. The molecule has 4 nitrogen and oxygen atoms in total. The van der Waals surface area contributed by atoms with Gasteiger partial charge in [0.15, 0.2) is 5.13 Å². The molecule has 1 aromatic rings. The van der Waals surface area contributed by atoms with E-state index in [0.29, 0.717) is 6.04 Å². The van der Waals surface area contributed by atoms with Gasteiger partial charge in [-0.05, 0) is 27.2 Å². The van der Waals surface area contributed by atoms with Crippen LogP contribution in [-0.4, -0.2) is 30.8 Å². The summed E-state index contributed by atoms with van der Waals surface area (Å²) in [6.45, 7) is 7.01. The number of ether oxygens (including phenoxy) is 1. The fourth-order valence-electron chi connectivity index (χ4n) is 2.34. The Hall–Kier alpha value is -0.650. The van der Waals surface area contributed by atoms with Crippen LogP contribution in [0.1, 0.15) is 36.9 Å². The summed E-state index contributed by atoms with van der Waals surface area (Å²) in [4.78, 5) is 8.04. The number of aromatic nitrogens is 1. The third kappa shape index (κ3) is 2.46. The van der Waals surface area contributed by atoms with Crippen LogP contribution < -0.4 is 10.6 Å². The molecular formula is C12H21N3OS. The fourth-order valence-corrected chi connectivity index (χ4v) is 3.38. The lowest BCUT2D eigenvalue weighted by atomic mass is 10.1. The molecule has 0 amide bonds. The zero-order valence-electron chi connectivity index (χ0n) is 10.9. The van der Waals surface area contributed by atoms with Crippen LogP contribution in [0.2, 0.25) is 0 Å². The van der Waals surface area contributed by atoms with Gasteiger partial charge in [-0.2, -0.15) is 0 Å². The van der Waals surface area contributed by atoms with Crippen molar-refractivity contribution in [2.45, 2.75) is 45.4 Å². The van der Waals surface area contributed by atoms with Gasteiger partial charge in [-0.1, -0.05) is 0 Å². The maximum Gasteiger partial charge on any atom is 0.185 e. The lowest BCUT2D eigenvalue weighted by Gasteiger charge is -2.26. The predicted octanol–water partition coefficient (Wildman–Crippen LogP) is 2.08. The Bertz CT molecular complexity index is 391. The lowest BCUT2D eigenvalue weighted by Crippen LogP contribution is -2.36. The molecule has 1 aliphatic heterocycles. The molecule has 2 N–H and O–H groups in total. The van der Waals surface area contributed by atoms with Crippen LogP contribution in [0.15, 0.2) is 0 Å². The second kappa shape index (κ2) is 4.92. The molecule has 1 aromatic heterocycles. The van der Waals surface area contributed by atoms with Crippen LogP contribution in [0.25, 0.3) is 0 Å². The van der Waals surface area contributed by atoms with Crippen molar-refractivity contribution in [1.82, 2.24) is 4.98 Å². The van der Waals surface area contributed by atoms with Gasteiger partial charge in [-0.25, -0.2) is 4.98 Å². The summed E-state index contributed by atoms with van der Waals surface area (Å²) in [6, 6.07) is 0.494. The van der Waals surface area contributed by atoms with E-state index in [1.54, 1.807) is 11.3 Å². The van der Waals surface area contributed by atoms with E-state index in [2.05, 4.69) is 23.9 Å². The Labute approximate surface area is 107 Å². The highest BCUT2D eigenvalue weighted by Gasteiger charge is 2.29. The molecule has 0 bridgehead atoms. The van der Waals surface area contributed by atoms with E-state index >= 15 is 0 Å². The minimum atomic E-state index is 0.0619. The number of aryl methyl sites for hydroxylation is 1. The Balaban J connectivity index is 2.19. The van der Waals surface area contributed by atoms with E-state index in [9.17, 15) is 0 Å². The molecule has 2 heterocycles. The molecule has 96 valence electrons. The van der Waals surface area contributed by atoms with E-state index in [1.165, 1.54) is 4.88 Å². The van der Waals surface area contributed by atoms with Gasteiger partial charge in [0.2, 0.25) is 0 Å². The van der Waals surface area contributed by atoms with Crippen molar-refractivity contribution in [1.29, 1.82) is 0 Å². The van der Waals surface area contributed by atoms with Crippen molar-refractivity contribution in [2.75, 3.05) is 18.6 Å². The minimum Gasteiger partial charge on any atom is -0.376 e. The summed E-state index contributed by atoms with van der Waals surface area (Å²) >= 11 is 1.70. The third-order valence-electron chi connectivity index (χ3n) is 3.37. The lowest BCUT2D eigenvalue weighted by molar-refractivity contribution is 0.118. The number of nitrogens with zero attached hydrogens (tertiary/aromatic N) is 2. The van der Waals surface area contributed by atoms with Gasteiger partial charge in [-0.3, -0.25) is 0 Å². The molecular weight excluding hydrogens is 234 g/mol. The van der Waals surface area contributed by atoms with Crippen molar-refractivity contribution in [3.05, 3.63) is 10.6 Å². The second-order valence-electron chi connectivity index (χ2n) is 4.78. The summed E-state index contributed by atoms with van der Waals surface area (Å²) in [5.74, 6) is 0. The summed E-state index contributed by atoms with van der Waals surface area (Å²) < 4.78 is 5.60. The van der Waals surface area contributed by atoms with Crippen molar-refractivity contribution in [2.24, 2.45) is 5.73 Å². The van der Waals surface area contributed by atoms with E-state index in [4.69, 9.17) is 10.5 Å². The maximum absolute atomic E-state index is 5.94. The van der Waals surface area contributed by atoms with Crippen molar-refractivity contribution in [3.8, 4) is 0 Å². The molecule has 3 atom stereocenters. The van der Waals surface area contributed by atoms with E-state index in [1.807, 2.05) is 13.8 Å². The predicted molar refractivity (Wildman–Crippen MR) is 71.7 cm³/mol. The number of hydrogen-bond acceptors (Lipinski definition) is 5. The molecule has 0 aromatic carbocycles. The summed E-state index contributed by atoms with van der Waals surface area (Å²) in [6.07, 6.45) is 1.35. The van der Waals surface area contributed by atoms with Crippen LogP contribution in [-0.2, 0) is 4.74 Å². The van der Waals surface area contributed by atoms with Crippen LogP contribution in [0.3, 0.4) is 0 Å². The number of anilines is 1. The molecule has 0 spiro atoms. The fraction of sp³-hybridized carbons (Fsp3) is 0.750. The van der Waals surface area contributed by atoms with Crippen molar-refractivity contribution in [3.63, 3.8) is 0 Å². The van der Waals surface area contributed by atoms with Gasteiger partial charge in [0, 0.05) is 24.6 Å². The number of nitrogens with two attached hydrogens (primary N) is 1. The van der Waals surface area contributed by atoms with Crippen molar-refractivity contribution < 1.29 is 4.74 Å². The smallest absolute Gasteiger partial charge is 0.185 e. The average Bonchev–Trinajstić information content (AvgIpc) is 2.83. The monoisotopic (exact) mass is 255 g/mol. The zero-order chi connectivity index (χ0) is 12.6. The number of rotatable bonds is 3. The van der Waals surface area contributed by atoms with Crippen LogP contribution >= 0.6 is 11.3 Å². The zero-order valence-corrected chi connectivity index (χ0v) is 11.8. The molecule has 1 fully saturated rings. The Morgan fingerprint density at radius 2 is 2.29 bits per heavy atom. The third-order valence-corrected chi connectivity index (χ3v) is 4.82. The summed E-state index contributed by atoms with van der Waals surface area (Å²) in [5.41, 5.74) is 6.99. The van der Waals surface area contributed by atoms with Crippen LogP contribution in [0.5, 0.6) is 0 Å². The molecule has 17 heavy (non-hydrogen) atoms. The molecule has 5 heteroatoms. The van der Waals surface area contributed by atoms with Crippen LogP contribution in [0, 0.1) is 6.92 Å². The minimum absolute atomic E-state index is 0.0619. The summed E-state index contributed by atoms with van der Waals surface area (Å²) in [5, 5.41) is 1.05. The normalized spacial score (nSPS) is 26.2. The first kappa shape index (κ1) is 12.8. The molecule has 2 rings (SSSR count). The van der Waals surface area contributed by atoms with Gasteiger partial charge in [0.1, 0.15) is 0 Å². The highest BCUT2D eigenvalue weighted by atomic mass is 32.1. The molecule has 0 aliphatic carbocycles. The molecule has 0 saturated carbocycles. The van der Waals surface area contributed by atoms with Gasteiger partial charge in [0.25, 0.3) is 0 Å². The first-order valence-electron chi connectivity index (χ1n) is 6.08. The maximum atomic E-state index is 5.94. The van der Waals surface area contributed by atoms with E-state index < -0.39 is 0 Å². The standard InChI is InChI=1S/C12H21N3OS/c1-7(13)11-8(2)14-12(17-11)15(4)10-5-6-16-9(10)3/h7,9-10H,5-6,13H2,1-4H3. The Morgan fingerprint density at radius 3 is 2.76 bits per heavy atom. The molecule has 3 unspecified atom stereocenters. The number of hydrogen-bond donors (Lipinski definition) is 1. The largest absolute Gasteiger partial charge is 0.376 e. The van der Waals surface area contributed by atoms with Crippen LogP contribution in [0.4, 0.5) is 5.13 Å². The molecule has 1 aliphatic rings. The molecule has 1 saturated heterocycles. The van der Waals surface area contributed by atoms with Crippen molar-refractivity contribution >= 4 is 16.5 Å². The highest BCUT2D eigenvalue weighted by Crippen LogP contribution is 2.32. The first-order valence-corrected chi connectivity index (χ1v) is 6.89. The number of thiazole rings is 1. The van der Waals surface area contributed by atoms with Gasteiger partial charge < -0.3 is 15.4 Å². The molecule has 0 radical (unpaired) electrons. The van der Waals surface area contributed by atoms with Gasteiger partial charge >= 0.3 is 0 Å². The average molecular weight is 255 g/mol. The highest BCUT2D eigenvalue weighted by molar-refractivity contribution is 7.15. The van der Waals surface area contributed by atoms with Gasteiger partial charge in [-0.15, -0.1) is 11.3 Å². The first-order chi connectivity index (χ1) is 8.00.